The zero-order chi connectivity index (χ0) is 17.5. The molecule has 3 nitrogen and oxygen atoms in total. The van der Waals surface area contributed by atoms with Crippen LogP contribution in [0.25, 0.3) is 0 Å². The molecule has 0 fully saturated rings. The lowest BCUT2D eigenvalue weighted by Crippen LogP contribution is -2.18. The van der Waals surface area contributed by atoms with E-state index in [0.717, 1.165) is 37.9 Å². The van der Waals surface area contributed by atoms with Gasteiger partial charge in [0.1, 0.15) is 0 Å². The Morgan fingerprint density at radius 1 is 0.826 bits per heavy atom. The first kappa shape index (κ1) is 18.0. The number of halogens is 1. The predicted octanol–water partition coefficient (Wildman–Crippen LogP) is 5.10. The Labute approximate surface area is 147 Å². The second kappa shape index (κ2) is 6.29. The molecule has 0 bridgehead atoms. The molecule has 124 valence electrons. The minimum Gasteiger partial charge on any atom is -0.278 e. The molecule has 0 saturated carbocycles. The van der Waals surface area contributed by atoms with Crippen molar-refractivity contribution < 1.29 is 8.42 Å². The van der Waals surface area contributed by atoms with Gasteiger partial charge in [-0.15, -0.1) is 0 Å². The molecular weight excluding hydrogens is 374 g/mol. The number of aryl methyl sites for hydroxylation is 1. The maximum Gasteiger partial charge on any atom is 0.262 e. The van der Waals surface area contributed by atoms with Crippen LogP contribution in [-0.2, 0) is 10.0 Å². The van der Waals surface area contributed by atoms with Crippen LogP contribution in [-0.4, -0.2) is 8.42 Å². The average molecular weight is 396 g/mol. The van der Waals surface area contributed by atoms with Crippen LogP contribution in [0.5, 0.6) is 0 Å². The molecule has 0 unspecified atom stereocenters. The average Bonchev–Trinajstić information content (AvgIpc) is 2.46. The van der Waals surface area contributed by atoms with E-state index >= 15 is 0 Å². The van der Waals surface area contributed by atoms with Crippen molar-refractivity contribution in [2.75, 3.05) is 4.72 Å². The summed E-state index contributed by atoms with van der Waals surface area (Å²) in [6, 6.07) is 5.55. The van der Waals surface area contributed by atoms with Crippen molar-refractivity contribution in [2.24, 2.45) is 0 Å². The summed E-state index contributed by atoms with van der Waals surface area (Å²) in [5, 5.41) is 0. The van der Waals surface area contributed by atoms with Crippen LogP contribution < -0.4 is 4.72 Å². The maximum atomic E-state index is 13.0. The van der Waals surface area contributed by atoms with Gasteiger partial charge in [0.15, 0.2) is 0 Å². The van der Waals surface area contributed by atoms with E-state index in [-0.39, 0.29) is 0 Å². The SMILES string of the molecule is Cc1ccc(NS(=O)(=O)c2c(C)c(C)c(C)c(C)c2C)c(Br)c1. The Morgan fingerprint density at radius 3 is 1.78 bits per heavy atom. The summed E-state index contributed by atoms with van der Waals surface area (Å²) < 4.78 is 29.4. The number of hydrogen-bond acceptors (Lipinski definition) is 2. The van der Waals surface area contributed by atoms with Gasteiger partial charge in [-0.1, -0.05) is 6.07 Å². The number of sulfonamides is 1. The molecule has 0 atom stereocenters. The van der Waals surface area contributed by atoms with Gasteiger partial charge < -0.3 is 0 Å². The van der Waals surface area contributed by atoms with E-state index in [1.165, 1.54) is 0 Å². The number of anilines is 1. The number of rotatable bonds is 3. The predicted molar refractivity (Wildman–Crippen MR) is 99.8 cm³/mol. The van der Waals surface area contributed by atoms with Gasteiger partial charge in [-0.2, -0.15) is 0 Å². The first-order valence-electron chi connectivity index (χ1n) is 7.42. The highest BCUT2D eigenvalue weighted by molar-refractivity contribution is 9.10. The van der Waals surface area contributed by atoms with E-state index in [0.29, 0.717) is 10.6 Å². The van der Waals surface area contributed by atoms with Crippen LogP contribution in [0.15, 0.2) is 27.6 Å². The van der Waals surface area contributed by atoms with E-state index in [4.69, 9.17) is 0 Å². The Hall–Kier alpha value is -1.33. The Kier molecular flexibility index (Phi) is 4.92. The fourth-order valence-electron chi connectivity index (χ4n) is 2.77. The fraction of sp³-hybridized carbons (Fsp3) is 0.333. The molecule has 0 aromatic heterocycles. The molecule has 0 aliphatic carbocycles. The molecule has 1 N–H and O–H groups in total. The molecule has 0 aliphatic heterocycles. The van der Waals surface area contributed by atoms with Crippen molar-refractivity contribution in [1.29, 1.82) is 0 Å². The van der Waals surface area contributed by atoms with Gasteiger partial charge in [0.05, 0.1) is 10.6 Å². The van der Waals surface area contributed by atoms with Crippen molar-refractivity contribution in [2.45, 2.75) is 46.4 Å². The molecule has 2 rings (SSSR count). The van der Waals surface area contributed by atoms with Crippen LogP contribution in [0.3, 0.4) is 0 Å². The topological polar surface area (TPSA) is 46.2 Å². The third-order valence-corrected chi connectivity index (χ3v) is 6.86. The monoisotopic (exact) mass is 395 g/mol. The zero-order valence-corrected chi connectivity index (χ0v) is 16.7. The fourth-order valence-corrected chi connectivity index (χ4v) is 5.17. The number of hydrogen-bond donors (Lipinski definition) is 1. The molecule has 2 aromatic rings. The van der Waals surface area contributed by atoms with Crippen LogP contribution in [0, 0.1) is 41.5 Å². The molecule has 0 heterocycles. The molecule has 0 radical (unpaired) electrons. The van der Waals surface area contributed by atoms with E-state index in [2.05, 4.69) is 20.7 Å². The van der Waals surface area contributed by atoms with Gasteiger partial charge in [-0.3, -0.25) is 4.72 Å². The summed E-state index contributed by atoms with van der Waals surface area (Å²) in [6.45, 7) is 11.7. The molecule has 0 saturated heterocycles. The second-order valence-corrected chi connectivity index (χ2v) is 8.52. The van der Waals surface area contributed by atoms with Gasteiger partial charge in [-0.25, -0.2) is 8.42 Å². The van der Waals surface area contributed by atoms with E-state index in [1.54, 1.807) is 6.07 Å². The van der Waals surface area contributed by atoms with E-state index in [9.17, 15) is 8.42 Å². The molecule has 0 spiro atoms. The Balaban J connectivity index is 2.61. The van der Waals surface area contributed by atoms with Crippen molar-refractivity contribution in [3.63, 3.8) is 0 Å². The highest BCUT2D eigenvalue weighted by Gasteiger charge is 2.24. The number of nitrogens with one attached hydrogen (secondary N) is 1. The van der Waals surface area contributed by atoms with Gasteiger partial charge in [0.2, 0.25) is 0 Å². The summed E-state index contributed by atoms with van der Waals surface area (Å²) in [5.74, 6) is 0. The molecule has 2 aromatic carbocycles. The lowest BCUT2D eigenvalue weighted by atomic mass is 9.95. The van der Waals surface area contributed by atoms with Crippen molar-refractivity contribution in [3.05, 3.63) is 56.1 Å². The van der Waals surface area contributed by atoms with Gasteiger partial charge in [0, 0.05) is 4.47 Å². The van der Waals surface area contributed by atoms with Gasteiger partial charge >= 0.3 is 0 Å². The van der Waals surface area contributed by atoms with Crippen molar-refractivity contribution in [3.8, 4) is 0 Å². The van der Waals surface area contributed by atoms with Crippen LogP contribution >= 0.6 is 15.9 Å². The first-order chi connectivity index (χ1) is 10.6. The smallest absolute Gasteiger partial charge is 0.262 e. The Morgan fingerprint density at radius 2 is 1.30 bits per heavy atom. The molecule has 5 heteroatoms. The summed E-state index contributed by atoms with van der Waals surface area (Å²) in [5.41, 5.74) is 6.42. The van der Waals surface area contributed by atoms with Gasteiger partial charge in [-0.05, 0) is 103 Å². The standard InChI is InChI=1S/C18H22BrNO2S/c1-10-7-8-17(16(19)9-10)20-23(21,22)18-14(5)12(3)11(2)13(4)15(18)6/h7-9,20H,1-6H3. The largest absolute Gasteiger partial charge is 0.278 e. The number of benzene rings is 2. The van der Waals surface area contributed by atoms with Crippen LogP contribution in [0.4, 0.5) is 5.69 Å². The van der Waals surface area contributed by atoms with Crippen molar-refractivity contribution in [1.82, 2.24) is 0 Å². The normalized spacial score (nSPS) is 11.6. The van der Waals surface area contributed by atoms with Gasteiger partial charge in [0.25, 0.3) is 10.0 Å². The molecule has 0 amide bonds. The van der Waals surface area contributed by atoms with Crippen LogP contribution in [0.2, 0.25) is 0 Å². The third-order valence-electron chi connectivity index (χ3n) is 4.57. The summed E-state index contributed by atoms with van der Waals surface area (Å²) >= 11 is 3.42. The van der Waals surface area contributed by atoms with E-state index in [1.807, 2.05) is 53.7 Å². The summed E-state index contributed by atoms with van der Waals surface area (Å²) in [6.07, 6.45) is 0. The minimum atomic E-state index is -3.65. The lowest BCUT2D eigenvalue weighted by molar-refractivity contribution is 0.599. The summed E-state index contributed by atoms with van der Waals surface area (Å²) in [4.78, 5) is 0.380. The lowest BCUT2D eigenvalue weighted by Gasteiger charge is -2.19. The third kappa shape index (κ3) is 3.31. The minimum absolute atomic E-state index is 0.380. The molecular formula is C18H22BrNO2S. The van der Waals surface area contributed by atoms with Crippen molar-refractivity contribution >= 4 is 31.6 Å². The van der Waals surface area contributed by atoms with Crippen LogP contribution in [0.1, 0.15) is 33.4 Å². The summed E-state index contributed by atoms with van der Waals surface area (Å²) in [7, 11) is -3.65. The zero-order valence-electron chi connectivity index (χ0n) is 14.3. The molecule has 23 heavy (non-hydrogen) atoms. The Bertz CT molecular complexity index is 857. The van der Waals surface area contributed by atoms with E-state index < -0.39 is 10.0 Å². The quantitative estimate of drug-likeness (QED) is 0.785. The molecule has 0 aliphatic rings. The maximum absolute atomic E-state index is 13.0. The highest BCUT2D eigenvalue weighted by Crippen LogP contribution is 2.32. The second-order valence-electron chi connectivity index (χ2n) is 6.04. The first-order valence-corrected chi connectivity index (χ1v) is 9.69. The highest BCUT2D eigenvalue weighted by atomic mass is 79.9.